The van der Waals surface area contributed by atoms with Crippen molar-refractivity contribution in [3.8, 4) is 5.75 Å². The third-order valence-electron chi connectivity index (χ3n) is 1.77. The van der Waals surface area contributed by atoms with Crippen molar-refractivity contribution in [1.29, 1.82) is 0 Å². The first-order valence-electron chi connectivity index (χ1n) is 5.07. The monoisotopic (exact) mass is 238 g/mol. The van der Waals surface area contributed by atoms with Gasteiger partial charge in [-0.15, -0.1) is 0 Å². The highest BCUT2D eigenvalue weighted by atomic mass is 16.6. The minimum absolute atomic E-state index is 0.188. The van der Waals surface area contributed by atoms with Gasteiger partial charge in [-0.1, -0.05) is 18.2 Å². The number of ether oxygens (including phenoxy) is 2. The Hall–Kier alpha value is -2.24. The van der Waals surface area contributed by atoms with Crippen LogP contribution in [0.2, 0.25) is 0 Å². The van der Waals surface area contributed by atoms with E-state index in [2.05, 4.69) is 5.32 Å². The van der Waals surface area contributed by atoms with Crippen LogP contribution in [0.15, 0.2) is 30.3 Å². The second-order valence-corrected chi connectivity index (χ2v) is 3.07. The van der Waals surface area contributed by atoms with Crippen molar-refractivity contribution in [3.05, 3.63) is 30.3 Å². The van der Waals surface area contributed by atoms with Crippen molar-refractivity contribution in [2.75, 3.05) is 6.61 Å². The minimum Gasteiger partial charge on any atom is -0.462 e. The van der Waals surface area contributed by atoms with Gasteiger partial charge in [-0.2, -0.15) is 0 Å². The van der Waals surface area contributed by atoms with E-state index >= 15 is 0 Å². The summed E-state index contributed by atoms with van der Waals surface area (Å²) in [6, 6.07) is 7.71. The van der Waals surface area contributed by atoms with Crippen molar-refractivity contribution < 1.29 is 19.1 Å². The van der Waals surface area contributed by atoms with Crippen molar-refractivity contribution in [2.45, 2.75) is 13.2 Å². The number of carbonyl (C=O) groups excluding carboxylic acids is 2. The van der Waals surface area contributed by atoms with Gasteiger partial charge in [0.25, 0.3) is 6.23 Å². The van der Waals surface area contributed by atoms with Gasteiger partial charge in [0.05, 0.1) is 6.61 Å². The van der Waals surface area contributed by atoms with Gasteiger partial charge >= 0.3 is 12.0 Å². The van der Waals surface area contributed by atoms with E-state index in [0.29, 0.717) is 5.75 Å². The number of carbonyl (C=O) groups is 2. The number of nitrogens with two attached hydrogens (primary N) is 1. The number of amides is 2. The molecule has 0 fully saturated rings. The molecule has 1 unspecified atom stereocenters. The summed E-state index contributed by atoms with van der Waals surface area (Å²) in [5.74, 6) is -0.269. The highest BCUT2D eigenvalue weighted by Gasteiger charge is 2.22. The van der Waals surface area contributed by atoms with Gasteiger partial charge in [0.2, 0.25) is 0 Å². The molecule has 0 aliphatic heterocycles. The topological polar surface area (TPSA) is 90.6 Å². The molecule has 17 heavy (non-hydrogen) atoms. The molecule has 6 heteroatoms. The second kappa shape index (κ2) is 6.37. The summed E-state index contributed by atoms with van der Waals surface area (Å²) in [6.45, 7) is 1.84. The lowest BCUT2D eigenvalue weighted by Crippen LogP contribution is -2.48. The highest BCUT2D eigenvalue weighted by Crippen LogP contribution is 2.10. The fourth-order valence-electron chi connectivity index (χ4n) is 1.12. The van der Waals surface area contributed by atoms with Crippen LogP contribution in [0.3, 0.4) is 0 Å². The number of urea groups is 1. The molecule has 92 valence electrons. The first-order valence-corrected chi connectivity index (χ1v) is 5.07. The maximum atomic E-state index is 11.5. The normalized spacial score (nSPS) is 11.4. The zero-order chi connectivity index (χ0) is 12.7. The predicted octanol–water partition coefficient (Wildman–Crippen LogP) is 0.623. The molecule has 1 atom stereocenters. The molecular formula is C11H14N2O4. The molecule has 0 spiro atoms. The first kappa shape index (κ1) is 12.8. The molecule has 0 saturated heterocycles. The van der Waals surface area contributed by atoms with Crippen LogP contribution in [-0.4, -0.2) is 24.8 Å². The fraction of sp³-hybridized carbons (Fsp3) is 0.273. The summed E-state index contributed by atoms with van der Waals surface area (Å²) in [5.41, 5.74) is 4.94. The van der Waals surface area contributed by atoms with E-state index in [-0.39, 0.29) is 6.61 Å². The molecular weight excluding hydrogens is 224 g/mol. The van der Waals surface area contributed by atoms with E-state index in [9.17, 15) is 9.59 Å². The minimum atomic E-state index is -1.24. The quantitative estimate of drug-likeness (QED) is 0.581. The fourth-order valence-corrected chi connectivity index (χ4v) is 1.12. The van der Waals surface area contributed by atoms with Crippen LogP contribution in [0.4, 0.5) is 4.79 Å². The Balaban J connectivity index is 2.70. The van der Waals surface area contributed by atoms with Crippen LogP contribution in [0, 0.1) is 0 Å². The van der Waals surface area contributed by atoms with E-state index in [4.69, 9.17) is 15.2 Å². The number of nitrogens with one attached hydrogen (secondary N) is 1. The van der Waals surface area contributed by atoms with Crippen LogP contribution in [0.1, 0.15) is 6.92 Å². The van der Waals surface area contributed by atoms with Gasteiger partial charge in [-0.25, -0.2) is 9.59 Å². The Kier molecular flexibility index (Phi) is 4.80. The number of hydrogen-bond acceptors (Lipinski definition) is 4. The van der Waals surface area contributed by atoms with Crippen LogP contribution in [-0.2, 0) is 9.53 Å². The molecule has 0 radical (unpaired) electrons. The third-order valence-corrected chi connectivity index (χ3v) is 1.77. The van der Waals surface area contributed by atoms with Crippen LogP contribution < -0.4 is 15.8 Å². The SMILES string of the molecule is CCOC(=O)C(NC(N)=O)Oc1ccccc1. The molecule has 0 aliphatic carbocycles. The van der Waals surface area contributed by atoms with Crippen molar-refractivity contribution in [2.24, 2.45) is 5.73 Å². The number of benzene rings is 1. The molecule has 0 bridgehead atoms. The van der Waals surface area contributed by atoms with Gasteiger partial charge in [0, 0.05) is 0 Å². The Morgan fingerprint density at radius 2 is 2.00 bits per heavy atom. The van der Waals surface area contributed by atoms with Crippen molar-refractivity contribution >= 4 is 12.0 Å². The van der Waals surface area contributed by atoms with E-state index in [0.717, 1.165) is 0 Å². The van der Waals surface area contributed by atoms with Gasteiger partial charge in [-0.05, 0) is 19.1 Å². The molecule has 3 N–H and O–H groups in total. The van der Waals surface area contributed by atoms with Crippen molar-refractivity contribution in [3.63, 3.8) is 0 Å². The number of primary amides is 1. The number of rotatable bonds is 5. The van der Waals surface area contributed by atoms with Crippen LogP contribution in [0.5, 0.6) is 5.75 Å². The summed E-state index contributed by atoms with van der Waals surface area (Å²) in [5, 5.41) is 2.16. The summed E-state index contributed by atoms with van der Waals surface area (Å²) in [4.78, 5) is 22.2. The molecule has 6 nitrogen and oxygen atoms in total. The predicted molar refractivity (Wildman–Crippen MR) is 60.2 cm³/mol. The molecule has 0 aromatic heterocycles. The van der Waals surface area contributed by atoms with Crippen LogP contribution in [0.25, 0.3) is 0 Å². The van der Waals surface area contributed by atoms with E-state index in [1.54, 1.807) is 37.3 Å². The lowest BCUT2D eigenvalue weighted by atomic mass is 10.3. The zero-order valence-corrected chi connectivity index (χ0v) is 9.38. The maximum absolute atomic E-state index is 11.5. The molecule has 0 heterocycles. The van der Waals surface area contributed by atoms with Gasteiger partial charge < -0.3 is 15.2 Å². The Bertz CT molecular complexity index is 380. The number of hydrogen-bond donors (Lipinski definition) is 2. The van der Waals surface area contributed by atoms with E-state index in [1.807, 2.05) is 0 Å². The molecule has 1 aromatic rings. The van der Waals surface area contributed by atoms with Crippen LogP contribution >= 0.6 is 0 Å². The lowest BCUT2D eigenvalue weighted by Gasteiger charge is -2.17. The maximum Gasteiger partial charge on any atom is 0.369 e. The van der Waals surface area contributed by atoms with E-state index in [1.165, 1.54) is 0 Å². The standard InChI is InChI=1S/C11H14N2O4/c1-2-16-10(14)9(13-11(12)15)17-8-6-4-3-5-7-8/h3-7,9H,2H2,1H3,(H3,12,13,15). The summed E-state index contributed by atoms with van der Waals surface area (Å²) >= 11 is 0. The Labute approximate surface area is 98.7 Å². The van der Waals surface area contributed by atoms with Gasteiger partial charge in [-0.3, -0.25) is 5.32 Å². The Morgan fingerprint density at radius 1 is 1.35 bits per heavy atom. The highest BCUT2D eigenvalue weighted by molar-refractivity contribution is 5.81. The van der Waals surface area contributed by atoms with Gasteiger partial charge in [0.15, 0.2) is 0 Å². The largest absolute Gasteiger partial charge is 0.462 e. The molecule has 1 aromatic carbocycles. The lowest BCUT2D eigenvalue weighted by molar-refractivity contribution is -0.152. The van der Waals surface area contributed by atoms with Gasteiger partial charge in [0.1, 0.15) is 5.75 Å². The number of para-hydroxylation sites is 1. The number of esters is 1. The molecule has 1 rings (SSSR count). The van der Waals surface area contributed by atoms with Crippen molar-refractivity contribution in [1.82, 2.24) is 5.32 Å². The smallest absolute Gasteiger partial charge is 0.369 e. The Morgan fingerprint density at radius 3 is 2.53 bits per heavy atom. The molecule has 2 amide bonds. The average molecular weight is 238 g/mol. The first-order chi connectivity index (χ1) is 8.13. The van der Waals surface area contributed by atoms with E-state index < -0.39 is 18.2 Å². The zero-order valence-electron chi connectivity index (χ0n) is 9.38. The molecule has 0 aliphatic rings. The third kappa shape index (κ3) is 4.42. The summed E-state index contributed by atoms with van der Waals surface area (Å²) in [6.07, 6.45) is -1.24. The second-order valence-electron chi connectivity index (χ2n) is 3.07. The molecule has 0 saturated carbocycles. The average Bonchev–Trinajstić information content (AvgIpc) is 2.29. The summed E-state index contributed by atoms with van der Waals surface area (Å²) < 4.78 is 10.00. The summed E-state index contributed by atoms with van der Waals surface area (Å²) in [7, 11) is 0.